The van der Waals surface area contributed by atoms with Gasteiger partial charge in [-0.3, -0.25) is 0 Å². The highest BCUT2D eigenvalue weighted by molar-refractivity contribution is 7.89. The highest BCUT2D eigenvalue weighted by atomic mass is 32.2. The topological polar surface area (TPSA) is 52.7 Å². The maximum atomic E-state index is 12.7. The van der Waals surface area contributed by atoms with Gasteiger partial charge in [0.1, 0.15) is 0 Å². The summed E-state index contributed by atoms with van der Waals surface area (Å²) >= 11 is 1.50. The molecule has 1 aliphatic heterocycles. The van der Waals surface area contributed by atoms with Crippen molar-refractivity contribution in [2.75, 3.05) is 33.2 Å². The molecule has 114 valence electrons. The van der Waals surface area contributed by atoms with Gasteiger partial charge in [0.15, 0.2) is 0 Å². The molecule has 1 N–H and O–H groups in total. The Morgan fingerprint density at radius 1 is 1.45 bits per heavy atom. The lowest BCUT2D eigenvalue weighted by atomic mass is 10.2. The lowest BCUT2D eigenvalue weighted by Crippen LogP contribution is -2.52. The number of sulfonamides is 1. The molecule has 1 saturated heterocycles. The second-order valence-electron chi connectivity index (χ2n) is 5.26. The van der Waals surface area contributed by atoms with E-state index in [9.17, 15) is 8.42 Å². The highest BCUT2D eigenvalue weighted by Gasteiger charge is 2.33. The maximum Gasteiger partial charge on any atom is 0.244 e. The van der Waals surface area contributed by atoms with E-state index in [1.165, 1.54) is 11.3 Å². The number of thiophene rings is 1. The quantitative estimate of drug-likeness (QED) is 0.886. The molecule has 0 bridgehead atoms. The van der Waals surface area contributed by atoms with E-state index >= 15 is 0 Å². The minimum atomic E-state index is -3.35. The third-order valence-corrected chi connectivity index (χ3v) is 6.63. The predicted molar refractivity (Wildman–Crippen MR) is 82.6 cm³/mol. The van der Waals surface area contributed by atoms with E-state index in [4.69, 9.17) is 0 Å². The van der Waals surface area contributed by atoms with Crippen LogP contribution in [-0.4, -0.2) is 56.9 Å². The molecular weight excluding hydrogens is 294 g/mol. The van der Waals surface area contributed by atoms with Gasteiger partial charge in [-0.05, 0) is 26.6 Å². The fourth-order valence-corrected chi connectivity index (χ4v) is 5.30. The molecule has 0 aliphatic carbocycles. The zero-order chi connectivity index (χ0) is 14.8. The Morgan fingerprint density at radius 2 is 2.20 bits per heavy atom. The van der Waals surface area contributed by atoms with E-state index in [2.05, 4.69) is 10.2 Å². The number of nitrogens with one attached hydrogen (secondary N) is 1. The normalized spacial score (nSPS) is 22.2. The van der Waals surface area contributed by atoms with Crippen LogP contribution in [0.3, 0.4) is 0 Å². The molecular formula is C13H23N3O2S2. The van der Waals surface area contributed by atoms with Gasteiger partial charge in [0.2, 0.25) is 10.0 Å². The summed E-state index contributed by atoms with van der Waals surface area (Å²) < 4.78 is 27.0. The lowest BCUT2D eigenvalue weighted by molar-refractivity contribution is 0.170. The summed E-state index contributed by atoms with van der Waals surface area (Å²) in [4.78, 5) is 3.67. The van der Waals surface area contributed by atoms with Crippen molar-refractivity contribution in [3.8, 4) is 0 Å². The van der Waals surface area contributed by atoms with Crippen molar-refractivity contribution in [2.24, 2.45) is 0 Å². The smallest absolute Gasteiger partial charge is 0.244 e. The van der Waals surface area contributed by atoms with Gasteiger partial charge in [-0.15, -0.1) is 11.3 Å². The van der Waals surface area contributed by atoms with Crippen molar-refractivity contribution in [3.05, 3.63) is 16.3 Å². The van der Waals surface area contributed by atoms with E-state index in [1.54, 1.807) is 15.8 Å². The number of likely N-dealkylation sites (N-methyl/N-ethyl adjacent to an activating group) is 1. The summed E-state index contributed by atoms with van der Waals surface area (Å²) in [6, 6.07) is 1.82. The summed E-state index contributed by atoms with van der Waals surface area (Å²) in [5.41, 5.74) is 0. The van der Waals surface area contributed by atoms with Crippen LogP contribution in [0.4, 0.5) is 0 Å². The molecule has 7 heteroatoms. The van der Waals surface area contributed by atoms with Crippen molar-refractivity contribution >= 4 is 21.4 Å². The molecule has 0 aromatic carbocycles. The van der Waals surface area contributed by atoms with Crippen molar-refractivity contribution in [1.29, 1.82) is 0 Å². The Balaban J connectivity index is 2.15. The zero-order valence-electron chi connectivity index (χ0n) is 12.3. The lowest BCUT2D eigenvalue weighted by Gasteiger charge is -2.36. The number of hydrogen-bond donors (Lipinski definition) is 1. The second-order valence-corrected chi connectivity index (χ2v) is 8.14. The Kier molecular flexibility index (Phi) is 5.19. The molecule has 1 aromatic rings. The zero-order valence-corrected chi connectivity index (χ0v) is 13.9. The van der Waals surface area contributed by atoms with E-state index in [1.807, 2.05) is 20.9 Å². The van der Waals surface area contributed by atoms with Crippen LogP contribution in [0.2, 0.25) is 0 Å². The van der Waals surface area contributed by atoms with Gasteiger partial charge < -0.3 is 10.2 Å². The van der Waals surface area contributed by atoms with Crippen molar-refractivity contribution in [3.63, 3.8) is 0 Å². The molecule has 1 fully saturated rings. The third kappa shape index (κ3) is 3.40. The van der Waals surface area contributed by atoms with Gasteiger partial charge in [-0.2, -0.15) is 4.31 Å². The fourth-order valence-electron chi connectivity index (χ4n) is 2.45. The van der Waals surface area contributed by atoms with Crippen LogP contribution < -0.4 is 5.32 Å². The minimum absolute atomic E-state index is 0.0240. The predicted octanol–water partition coefficient (Wildman–Crippen LogP) is 1.18. The molecule has 1 atom stereocenters. The van der Waals surface area contributed by atoms with Gasteiger partial charge >= 0.3 is 0 Å². The number of piperazine rings is 1. The number of nitrogens with zero attached hydrogens (tertiary/aromatic N) is 2. The first-order valence-corrected chi connectivity index (χ1v) is 9.25. The molecule has 0 radical (unpaired) electrons. The van der Waals surface area contributed by atoms with E-state index in [0.717, 1.165) is 31.1 Å². The molecule has 5 nitrogen and oxygen atoms in total. The largest absolute Gasteiger partial charge is 0.312 e. The maximum absolute atomic E-state index is 12.7. The molecule has 20 heavy (non-hydrogen) atoms. The van der Waals surface area contributed by atoms with Gasteiger partial charge in [0.05, 0.1) is 4.90 Å². The molecule has 1 unspecified atom stereocenters. The Bertz CT molecular complexity index is 542. The van der Waals surface area contributed by atoms with Gasteiger partial charge in [-0.25, -0.2) is 8.42 Å². The first-order valence-electron chi connectivity index (χ1n) is 6.93. The number of rotatable bonds is 5. The SMILES string of the molecule is CCNCc1cc(S(=O)(=O)N2CCN(C)CC2C)cs1. The molecule has 1 aromatic heterocycles. The highest BCUT2D eigenvalue weighted by Crippen LogP contribution is 2.25. The van der Waals surface area contributed by atoms with Crippen LogP contribution >= 0.6 is 11.3 Å². The van der Waals surface area contributed by atoms with Gasteiger partial charge in [0, 0.05) is 42.5 Å². The average molecular weight is 317 g/mol. The second kappa shape index (κ2) is 6.53. The van der Waals surface area contributed by atoms with E-state index in [-0.39, 0.29) is 6.04 Å². The molecule has 2 heterocycles. The van der Waals surface area contributed by atoms with Gasteiger partial charge in [-0.1, -0.05) is 6.92 Å². The minimum Gasteiger partial charge on any atom is -0.312 e. The first-order chi connectivity index (χ1) is 9.45. The molecule has 0 spiro atoms. The van der Waals surface area contributed by atoms with Crippen molar-refractivity contribution in [1.82, 2.24) is 14.5 Å². The Hall–Kier alpha value is -0.470. The van der Waals surface area contributed by atoms with Crippen LogP contribution in [0.5, 0.6) is 0 Å². The molecule has 0 saturated carbocycles. The van der Waals surface area contributed by atoms with E-state index < -0.39 is 10.0 Å². The van der Waals surface area contributed by atoms with Crippen LogP contribution in [0.15, 0.2) is 16.3 Å². The molecule has 1 aliphatic rings. The van der Waals surface area contributed by atoms with Crippen LogP contribution in [0.1, 0.15) is 18.7 Å². The Labute approximate surface area is 125 Å². The third-order valence-electron chi connectivity index (χ3n) is 3.56. The average Bonchev–Trinajstić information content (AvgIpc) is 2.85. The fraction of sp³-hybridized carbons (Fsp3) is 0.692. The summed E-state index contributed by atoms with van der Waals surface area (Å²) in [7, 11) is -1.32. The van der Waals surface area contributed by atoms with Crippen LogP contribution in [0, 0.1) is 0 Å². The summed E-state index contributed by atoms with van der Waals surface area (Å²) in [5, 5.41) is 4.98. The van der Waals surface area contributed by atoms with Gasteiger partial charge in [0.25, 0.3) is 0 Å². The van der Waals surface area contributed by atoms with Crippen LogP contribution in [0.25, 0.3) is 0 Å². The number of hydrogen-bond acceptors (Lipinski definition) is 5. The van der Waals surface area contributed by atoms with Crippen LogP contribution in [-0.2, 0) is 16.6 Å². The summed E-state index contributed by atoms with van der Waals surface area (Å²) in [6.07, 6.45) is 0. The summed E-state index contributed by atoms with van der Waals surface area (Å²) in [5.74, 6) is 0. The van der Waals surface area contributed by atoms with E-state index in [0.29, 0.717) is 11.4 Å². The first kappa shape index (κ1) is 15.9. The monoisotopic (exact) mass is 317 g/mol. The molecule has 0 amide bonds. The van der Waals surface area contributed by atoms with Crippen molar-refractivity contribution in [2.45, 2.75) is 31.3 Å². The Morgan fingerprint density at radius 3 is 2.85 bits per heavy atom. The standard InChI is InChI=1S/C13H23N3O2S2/c1-4-14-8-12-7-13(10-19-12)20(17,18)16-6-5-15(3)9-11(16)2/h7,10-11,14H,4-6,8-9H2,1-3H3. The summed E-state index contributed by atoms with van der Waals surface area (Å²) in [6.45, 7) is 7.77. The van der Waals surface area contributed by atoms with Crippen molar-refractivity contribution < 1.29 is 8.42 Å². The molecule has 2 rings (SSSR count).